The Morgan fingerprint density at radius 3 is 2.65 bits per heavy atom. The van der Waals surface area contributed by atoms with Gasteiger partial charge in [0.25, 0.3) is 0 Å². The zero-order valence-electron chi connectivity index (χ0n) is 13.0. The van der Waals surface area contributed by atoms with Crippen LogP contribution in [0, 0.1) is 11.8 Å². The van der Waals surface area contributed by atoms with Crippen LogP contribution in [0.25, 0.3) is 0 Å². The maximum absolute atomic E-state index is 6.37. The first-order valence-corrected chi connectivity index (χ1v) is 8.20. The summed E-state index contributed by atoms with van der Waals surface area (Å²) in [7, 11) is 0. The highest BCUT2D eigenvalue weighted by Gasteiger charge is 2.19. The van der Waals surface area contributed by atoms with Crippen molar-refractivity contribution in [3.63, 3.8) is 0 Å². The molecule has 2 heteroatoms. The molecule has 3 N–H and O–H groups in total. The van der Waals surface area contributed by atoms with Gasteiger partial charge in [-0.3, -0.25) is 0 Å². The second-order valence-electron chi connectivity index (χ2n) is 6.63. The van der Waals surface area contributed by atoms with Crippen molar-refractivity contribution in [2.24, 2.45) is 17.6 Å². The average Bonchev–Trinajstić information content (AvgIpc) is 2.69. The summed E-state index contributed by atoms with van der Waals surface area (Å²) in [5.41, 5.74) is 7.61. The summed E-state index contributed by atoms with van der Waals surface area (Å²) in [4.78, 5) is 0. The highest BCUT2D eigenvalue weighted by Crippen LogP contribution is 2.23. The smallest absolute Gasteiger partial charge is 0.0333 e. The molecule has 0 aromatic heterocycles. The Morgan fingerprint density at radius 1 is 1.15 bits per heavy atom. The predicted octanol–water partition coefficient (Wildman–Crippen LogP) is 3.88. The van der Waals surface area contributed by atoms with Crippen molar-refractivity contribution in [2.75, 3.05) is 6.54 Å². The zero-order valence-corrected chi connectivity index (χ0v) is 13.0. The van der Waals surface area contributed by atoms with E-state index in [0.717, 1.165) is 12.5 Å². The molecule has 0 radical (unpaired) electrons. The van der Waals surface area contributed by atoms with E-state index in [9.17, 15) is 0 Å². The summed E-state index contributed by atoms with van der Waals surface area (Å²) < 4.78 is 0. The number of hydrogen-bond acceptors (Lipinski definition) is 2. The lowest BCUT2D eigenvalue weighted by molar-refractivity contribution is 0.376. The molecular formula is C18H30N2. The molecule has 0 amide bonds. The minimum Gasteiger partial charge on any atom is -0.324 e. The van der Waals surface area contributed by atoms with Gasteiger partial charge in [-0.1, -0.05) is 57.0 Å². The van der Waals surface area contributed by atoms with Gasteiger partial charge in [0.15, 0.2) is 0 Å². The van der Waals surface area contributed by atoms with Crippen molar-refractivity contribution in [3.05, 3.63) is 35.9 Å². The lowest BCUT2D eigenvalue weighted by Crippen LogP contribution is -2.36. The molecule has 4 unspecified atom stereocenters. The summed E-state index contributed by atoms with van der Waals surface area (Å²) in [6.45, 7) is 5.66. The van der Waals surface area contributed by atoms with Crippen LogP contribution in [0.4, 0.5) is 0 Å². The van der Waals surface area contributed by atoms with E-state index < -0.39 is 0 Å². The van der Waals surface area contributed by atoms with Crippen molar-refractivity contribution in [1.29, 1.82) is 0 Å². The molecule has 2 nitrogen and oxygen atoms in total. The van der Waals surface area contributed by atoms with Crippen LogP contribution in [0.3, 0.4) is 0 Å². The first-order chi connectivity index (χ1) is 9.66. The number of hydrogen-bond donors (Lipinski definition) is 2. The molecule has 1 aliphatic carbocycles. The van der Waals surface area contributed by atoms with Gasteiger partial charge in [-0.15, -0.1) is 0 Å². The monoisotopic (exact) mass is 274 g/mol. The van der Waals surface area contributed by atoms with E-state index in [1.165, 1.54) is 37.7 Å². The summed E-state index contributed by atoms with van der Waals surface area (Å²) >= 11 is 0. The normalized spacial score (nSPS) is 26.8. The summed E-state index contributed by atoms with van der Waals surface area (Å²) in [6, 6.07) is 11.3. The van der Waals surface area contributed by atoms with Gasteiger partial charge in [0.1, 0.15) is 0 Å². The van der Waals surface area contributed by atoms with Crippen LogP contribution < -0.4 is 11.1 Å². The molecule has 1 aromatic rings. The van der Waals surface area contributed by atoms with Gasteiger partial charge in [-0.25, -0.2) is 0 Å². The third-order valence-electron chi connectivity index (χ3n) is 4.78. The lowest BCUT2D eigenvalue weighted by Gasteiger charge is -2.24. The van der Waals surface area contributed by atoms with Crippen molar-refractivity contribution >= 4 is 0 Å². The fraction of sp³-hybridized carbons (Fsp3) is 0.667. The average molecular weight is 274 g/mol. The Bertz CT molecular complexity index is 376. The van der Waals surface area contributed by atoms with Crippen LogP contribution >= 0.6 is 0 Å². The molecule has 2 rings (SSSR count). The topological polar surface area (TPSA) is 38.0 Å². The fourth-order valence-electron chi connectivity index (χ4n) is 3.17. The molecular weight excluding hydrogens is 244 g/mol. The van der Waals surface area contributed by atoms with E-state index in [-0.39, 0.29) is 6.04 Å². The molecule has 1 aliphatic rings. The quantitative estimate of drug-likeness (QED) is 0.800. The Kier molecular flexibility index (Phi) is 6.06. The standard InChI is InChI=1S/C18H30N2/c1-14-7-6-10-17(12-11-14)20-13-15(2)18(19)16-8-4-3-5-9-16/h3-5,8-9,14-15,17-18,20H,6-7,10-13,19H2,1-2H3. The molecule has 20 heavy (non-hydrogen) atoms. The first kappa shape index (κ1) is 15.5. The number of nitrogens with one attached hydrogen (secondary N) is 1. The molecule has 0 heterocycles. The van der Waals surface area contributed by atoms with Crippen LogP contribution in [0.2, 0.25) is 0 Å². The highest BCUT2D eigenvalue weighted by atomic mass is 14.9. The summed E-state index contributed by atoms with van der Waals surface area (Å²) in [6.07, 6.45) is 6.80. The Morgan fingerprint density at radius 2 is 1.90 bits per heavy atom. The number of benzene rings is 1. The molecule has 0 bridgehead atoms. The van der Waals surface area contributed by atoms with E-state index in [4.69, 9.17) is 5.73 Å². The molecule has 0 aliphatic heterocycles. The molecule has 1 saturated carbocycles. The SMILES string of the molecule is CC1CCCC(NCC(C)C(N)c2ccccc2)CC1. The number of nitrogens with two attached hydrogens (primary N) is 1. The summed E-state index contributed by atoms with van der Waals surface area (Å²) in [5.74, 6) is 1.38. The van der Waals surface area contributed by atoms with Crippen molar-refractivity contribution in [3.8, 4) is 0 Å². The molecule has 0 spiro atoms. The second-order valence-corrected chi connectivity index (χ2v) is 6.63. The van der Waals surface area contributed by atoms with Gasteiger partial charge >= 0.3 is 0 Å². The van der Waals surface area contributed by atoms with Crippen LogP contribution in [-0.4, -0.2) is 12.6 Å². The first-order valence-electron chi connectivity index (χ1n) is 8.20. The largest absolute Gasteiger partial charge is 0.324 e. The van der Waals surface area contributed by atoms with Crippen molar-refractivity contribution in [2.45, 2.75) is 58.0 Å². The molecule has 1 aromatic carbocycles. The minimum absolute atomic E-state index is 0.133. The predicted molar refractivity (Wildman–Crippen MR) is 86.6 cm³/mol. The Hall–Kier alpha value is -0.860. The highest BCUT2D eigenvalue weighted by molar-refractivity contribution is 5.19. The van der Waals surface area contributed by atoms with E-state index in [2.05, 4.69) is 43.4 Å². The third-order valence-corrected chi connectivity index (χ3v) is 4.78. The van der Waals surface area contributed by atoms with E-state index in [1.54, 1.807) is 0 Å². The van der Waals surface area contributed by atoms with Gasteiger partial charge in [0, 0.05) is 12.1 Å². The van der Waals surface area contributed by atoms with Crippen LogP contribution in [0.1, 0.15) is 57.6 Å². The van der Waals surface area contributed by atoms with Gasteiger partial charge in [0.2, 0.25) is 0 Å². The van der Waals surface area contributed by atoms with E-state index >= 15 is 0 Å². The molecule has 4 atom stereocenters. The third kappa shape index (κ3) is 4.60. The maximum atomic E-state index is 6.37. The van der Waals surface area contributed by atoms with Gasteiger partial charge in [0.05, 0.1) is 0 Å². The fourth-order valence-corrected chi connectivity index (χ4v) is 3.17. The van der Waals surface area contributed by atoms with Crippen molar-refractivity contribution < 1.29 is 0 Å². The van der Waals surface area contributed by atoms with Crippen LogP contribution in [0.5, 0.6) is 0 Å². The molecule has 112 valence electrons. The number of rotatable bonds is 5. The van der Waals surface area contributed by atoms with Crippen molar-refractivity contribution in [1.82, 2.24) is 5.32 Å². The summed E-state index contributed by atoms with van der Waals surface area (Å²) in [5, 5.41) is 3.75. The van der Waals surface area contributed by atoms with E-state index in [1.807, 2.05) is 6.07 Å². The zero-order chi connectivity index (χ0) is 14.4. The van der Waals surface area contributed by atoms with Crippen LogP contribution in [-0.2, 0) is 0 Å². The molecule has 0 saturated heterocycles. The second kappa shape index (κ2) is 7.80. The minimum atomic E-state index is 0.133. The van der Waals surface area contributed by atoms with Gasteiger partial charge in [-0.2, -0.15) is 0 Å². The maximum Gasteiger partial charge on any atom is 0.0333 e. The van der Waals surface area contributed by atoms with Gasteiger partial charge in [-0.05, 0) is 43.2 Å². The Labute approximate surface area is 124 Å². The van der Waals surface area contributed by atoms with Gasteiger partial charge < -0.3 is 11.1 Å². The van der Waals surface area contributed by atoms with E-state index in [0.29, 0.717) is 12.0 Å². The lowest BCUT2D eigenvalue weighted by atomic mass is 9.95. The Balaban J connectivity index is 1.78. The molecule has 1 fully saturated rings. The van der Waals surface area contributed by atoms with Crippen LogP contribution in [0.15, 0.2) is 30.3 Å².